The van der Waals surface area contributed by atoms with E-state index in [4.69, 9.17) is 9.47 Å². The molecule has 0 spiro atoms. The van der Waals surface area contributed by atoms with Crippen LogP contribution in [0.3, 0.4) is 0 Å². The summed E-state index contributed by atoms with van der Waals surface area (Å²) < 4.78 is 11.1. The van der Waals surface area contributed by atoms with Gasteiger partial charge in [-0.05, 0) is 25.1 Å². The molecular formula is C23H30N3O4+. The molecule has 7 nitrogen and oxygen atoms in total. The van der Waals surface area contributed by atoms with Crippen molar-refractivity contribution in [2.24, 2.45) is 0 Å². The van der Waals surface area contributed by atoms with E-state index < -0.39 is 0 Å². The van der Waals surface area contributed by atoms with E-state index in [-0.39, 0.29) is 16.5 Å². The smallest absolute Gasteiger partial charge is 0.491 e. The highest BCUT2D eigenvalue weighted by Crippen LogP contribution is 2.35. The molecule has 30 heavy (non-hydrogen) atoms. The minimum Gasteiger partial charge on any atom is -0.491 e. The molecule has 1 aliphatic rings. The maximum absolute atomic E-state index is 13.0. The van der Waals surface area contributed by atoms with Crippen LogP contribution >= 0.6 is 0 Å². The van der Waals surface area contributed by atoms with Crippen LogP contribution in [0.15, 0.2) is 54.6 Å². The van der Waals surface area contributed by atoms with Crippen LogP contribution in [0.5, 0.6) is 5.75 Å². The number of anilines is 1. The number of nitrogens with one attached hydrogen (secondary N) is 1. The van der Waals surface area contributed by atoms with Gasteiger partial charge in [-0.1, -0.05) is 30.3 Å². The third-order valence-electron chi connectivity index (χ3n) is 5.47. The molecule has 0 atom stereocenters. The number of nitrogens with zero attached hydrogens (tertiary/aromatic N) is 2. The molecule has 2 aromatic rings. The van der Waals surface area contributed by atoms with E-state index in [1.54, 1.807) is 7.11 Å². The zero-order valence-electron chi connectivity index (χ0n) is 17.7. The second kappa shape index (κ2) is 10.2. The van der Waals surface area contributed by atoms with Crippen molar-refractivity contribution in [1.82, 2.24) is 9.38 Å². The van der Waals surface area contributed by atoms with Gasteiger partial charge in [0.2, 0.25) is 5.91 Å². The fourth-order valence-corrected chi connectivity index (χ4v) is 3.83. The normalized spacial score (nSPS) is 15.9. The third-order valence-corrected chi connectivity index (χ3v) is 5.47. The lowest BCUT2D eigenvalue weighted by Gasteiger charge is -2.41. The molecule has 0 bridgehead atoms. The van der Waals surface area contributed by atoms with Crippen LogP contribution in [0.25, 0.3) is 0 Å². The molecule has 1 saturated heterocycles. The van der Waals surface area contributed by atoms with Crippen molar-refractivity contribution in [1.29, 1.82) is 0 Å². The Balaban J connectivity index is 1.63. The van der Waals surface area contributed by atoms with Gasteiger partial charge in [-0.15, -0.1) is 0 Å². The second-order valence-corrected chi connectivity index (χ2v) is 7.29. The number of para-hydroxylation sites is 3. The SMILES string of the molecule is CCOC(=O)[N+]1(c2ccccc2OC)CCN(CCC(=O)Nc2ccccc2)CC1. The molecule has 2 aromatic carbocycles. The summed E-state index contributed by atoms with van der Waals surface area (Å²) in [5, 5.41) is 2.91. The Kier molecular flexibility index (Phi) is 7.43. The summed E-state index contributed by atoms with van der Waals surface area (Å²) in [6.45, 7) is 5.31. The molecule has 0 unspecified atom stereocenters. The van der Waals surface area contributed by atoms with E-state index in [0.29, 0.717) is 51.5 Å². The molecular weight excluding hydrogens is 382 g/mol. The van der Waals surface area contributed by atoms with E-state index in [1.807, 2.05) is 61.5 Å². The van der Waals surface area contributed by atoms with Gasteiger partial charge in [-0.3, -0.25) is 9.69 Å². The fraction of sp³-hybridized carbons (Fsp3) is 0.391. The van der Waals surface area contributed by atoms with Crippen molar-refractivity contribution >= 4 is 23.4 Å². The molecule has 0 aliphatic carbocycles. The van der Waals surface area contributed by atoms with E-state index in [2.05, 4.69) is 10.2 Å². The van der Waals surface area contributed by atoms with Crippen molar-refractivity contribution in [3.8, 4) is 5.75 Å². The molecule has 2 amide bonds. The Morgan fingerprint density at radius 1 is 1.03 bits per heavy atom. The third kappa shape index (κ3) is 4.98. The molecule has 160 valence electrons. The van der Waals surface area contributed by atoms with Gasteiger partial charge in [0.05, 0.1) is 13.7 Å². The number of carbonyl (C=O) groups is 2. The molecule has 1 N–H and O–H groups in total. The number of ether oxygens (including phenoxy) is 2. The topological polar surface area (TPSA) is 67.9 Å². The fourth-order valence-electron chi connectivity index (χ4n) is 3.83. The monoisotopic (exact) mass is 412 g/mol. The van der Waals surface area contributed by atoms with Gasteiger partial charge < -0.3 is 14.8 Å². The number of hydrogen-bond donors (Lipinski definition) is 1. The number of amides is 2. The van der Waals surface area contributed by atoms with Crippen LogP contribution < -0.4 is 14.5 Å². The van der Waals surface area contributed by atoms with Gasteiger partial charge in [0.15, 0.2) is 11.4 Å². The van der Waals surface area contributed by atoms with Gasteiger partial charge in [-0.2, -0.15) is 9.28 Å². The van der Waals surface area contributed by atoms with Crippen molar-refractivity contribution in [3.05, 3.63) is 54.6 Å². The van der Waals surface area contributed by atoms with E-state index >= 15 is 0 Å². The average Bonchev–Trinajstić information content (AvgIpc) is 2.79. The highest BCUT2D eigenvalue weighted by atomic mass is 16.6. The van der Waals surface area contributed by atoms with E-state index in [9.17, 15) is 9.59 Å². The number of carbonyl (C=O) groups excluding carboxylic acids is 2. The molecule has 0 aromatic heterocycles. The summed E-state index contributed by atoms with van der Waals surface area (Å²) in [6, 6.07) is 17.1. The summed E-state index contributed by atoms with van der Waals surface area (Å²) in [5.41, 5.74) is 1.62. The molecule has 7 heteroatoms. The first kappa shape index (κ1) is 21.8. The minimum absolute atomic E-state index is 0.0114. The summed E-state index contributed by atoms with van der Waals surface area (Å²) in [5.74, 6) is 0.670. The number of benzene rings is 2. The van der Waals surface area contributed by atoms with Crippen LogP contribution in [0, 0.1) is 0 Å². The first-order valence-electron chi connectivity index (χ1n) is 10.3. The Labute approximate surface area is 177 Å². The van der Waals surface area contributed by atoms with Crippen LogP contribution in [-0.4, -0.2) is 63.3 Å². The number of piperazine rings is 1. The highest BCUT2D eigenvalue weighted by Gasteiger charge is 2.46. The van der Waals surface area contributed by atoms with E-state index in [0.717, 1.165) is 11.4 Å². The molecule has 0 radical (unpaired) electrons. The van der Waals surface area contributed by atoms with Crippen LogP contribution in [0.2, 0.25) is 0 Å². The maximum Gasteiger partial charge on any atom is 0.521 e. The van der Waals surface area contributed by atoms with Gasteiger partial charge in [0.25, 0.3) is 0 Å². The molecule has 0 saturated carbocycles. The van der Waals surface area contributed by atoms with Gasteiger partial charge in [0, 0.05) is 37.8 Å². The average molecular weight is 413 g/mol. The molecule has 1 fully saturated rings. The van der Waals surface area contributed by atoms with Crippen LogP contribution in [0.4, 0.5) is 16.2 Å². The first-order valence-corrected chi connectivity index (χ1v) is 10.3. The Hall–Kier alpha value is -2.90. The zero-order chi connectivity index (χ0) is 21.4. The number of rotatable bonds is 7. The van der Waals surface area contributed by atoms with Crippen molar-refractivity contribution in [2.45, 2.75) is 13.3 Å². The van der Waals surface area contributed by atoms with Gasteiger partial charge in [-0.25, -0.2) is 0 Å². The number of hydrogen-bond acceptors (Lipinski definition) is 5. The highest BCUT2D eigenvalue weighted by molar-refractivity contribution is 5.90. The van der Waals surface area contributed by atoms with Crippen molar-refractivity contribution in [2.75, 3.05) is 51.8 Å². The summed E-state index contributed by atoms with van der Waals surface area (Å²) in [6.07, 6.45) is 0.145. The minimum atomic E-state index is -0.261. The van der Waals surface area contributed by atoms with Crippen LogP contribution in [0.1, 0.15) is 13.3 Å². The molecule has 3 rings (SSSR count). The first-order chi connectivity index (χ1) is 14.6. The van der Waals surface area contributed by atoms with Gasteiger partial charge in [0.1, 0.15) is 13.1 Å². The Bertz CT molecular complexity index is 849. The largest absolute Gasteiger partial charge is 0.521 e. The standard InChI is InChI=1S/C23H29N3O4/c1-3-30-23(28)26(20-11-7-8-12-21(20)29-2)17-15-25(16-18-26)14-13-22(27)24-19-9-5-4-6-10-19/h4-12H,3,13-18H2,1-2H3/p+1. The van der Waals surface area contributed by atoms with E-state index in [1.165, 1.54) is 0 Å². The summed E-state index contributed by atoms with van der Waals surface area (Å²) >= 11 is 0. The van der Waals surface area contributed by atoms with Crippen LogP contribution in [-0.2, 0) is 9.53 Å². The Morgan fingerprint density at radius 2 is 1.70 bits per heavy atom. The number of quaternary nitrogens is 1. The lowest BCUT2D eigenvalue weighted by molar-refractivity contribution is -0.116. The van der Waals surface area contributed by atoms with Gasteiger partial charge >= 0.3 is 6.09 Å². The van der Waals surface area contributed by atoms with Crippen molar-refractivity contribution in [3.63, 3.8) is 0 Å². The molecule has 1 heterocycles. The predicted octanol–water partition coefficient (Wildman–Crippen LogP) is 3.50. The zero-order valence-corrected chi connectivity index (χ0v) is 17.7. The maximum atomic E-state index is 13.0. The quantitative estimate of drug-likeness (QED) is 0.705. The predicted molar refractivity (Wildman–Crippen MR) is 118 cm³/mol. The number of methoxy groups -OCH3 is 1. The lowest BCUT2D eigenvalue weighted by atomic mass is 10.1. The molecule has 1 aliphatic heterocycles. The Morgan fingerprint density at radius 3 is 2.37 bits per heavy atom. The second-order valence-electron chi connectivity index (χ2n) is 7.29. The summed E-state index contributed by atoms with van der Waals surface area (Å²) in [7, 11) is 1.61. The van der Waals surface area contributed by atoms with Crippen molar-refractivity contribution < 1.29 is 19.1 Å². The lowest BCUT2D eigenvalue weighted by Crippen LogP contribution is -2.64. The summed E-state index contributed by atoms with van der Waals surface area (Å²) in [4.78, 5) is 27.4.